The van der Waals surface area contributed by atoms with E-state index in [9.17, 15) is 4.79 Å². The lowest BCUT2D eigenvalue weighted by Crippen LogP contribution is -2.20. The molecule has 0 saturated carbocycles. The molecule has 0 heterocycles. The van der Waals surface area contributed by atoms with Gasteiger partial charge >= 0.3 is 6.03 Å². The van der Waals surface area contributed by atoms with E-state index in [2.05, 4.69) is 10.6 Å². The third kappa shape index (κ3) is 3.28. The summed E-state index contributed by atoms with van der Waals surface area (Å²) in [7, 11) is 0. The van der Waals surface area contributed by atoms with Gasteiger partial charge in [0.05, 0.1) is 22.3 Å². The number of para-hydroxylation sites is 1. The van der Waals surface area contributed by atoms with Crippen molar-refractivity contribution in [1.29, 1.82) is 5.26 Å². The summed E-state index contributed by atoms with van der Waals surface area (Å²) in [6.45, 7) is 1.86. The fraction of sp³-hybridized carbons (Fsp3) is 0.0667. The molecule has 2 N–H and O–H groups in total. The Balaban J connectivity index is 2.07. The highest BCUT2D eigenvalue weighted by Crippen LogP contribution is 2.25. The highest BCUT2D eigenvalue weighted by Gasteiger charge is 2.08. The van der Waals surface area contributed by atoms with Gasteiger partial charge in [-0.1, -0.05) is 23.7 Å². The molecule has 0 aromatic heterocycles. The number of nitrogens with one attached hydrogen (secondary N) is 2. The minimum atomic E-state index is -0.383. The van der Waals surface area contributed by atoms with E-state index in [1.165, 1.54) is 0 Å². The first-order valence-corrected chi connectivity index (χ1v) is 6.31. The van der Waals surface area contributed by atoms with Crippen LogP contribution >= 0.6 is 11.6 Å². The second-order valence-corrected chi connectivity index (χ2v) is 4.61. The first kappa shape index (κ1) is 13.9. The highest BCUT2D eigenvalue weighted by molar-refractivity contribution is 6.34. The van der Waals surface area contributed by atoms with Crippen molar-refractivity contribution in [2.24, 2.45) is 0 Å². The predicted molar refractivity (Wildman–Crippen MR) is 80.0 cm³/mol. The Hall–Kier alpha value is -2.51. The van der Waals surface area contributed by atoms with Crippen LogP contribution in [0.2, 0.25) is 5.02 Å². The minimum absolute atomic E-state index is 0.383. The van der Waals surface area contributed by atoms with Gasteiger partial charge in [0, 0.05) is 5.69 Å². The Labute approximate surface area is 122 Å². The molecule has 0 saturated heterocycles. The van der Waals surface area contributed by atoms with Gasteiger partial charge in [0.2, 0.25) is 0 Å². The second-order valence-electron chi connectivity index (χ2n) is 4.20. The molecule has 0 radical (unpaired) electrons. The second kappa shape index (κ2) is 6.09. The van der Waals surface area contributed by atoms with Crippen molar-refractivity contribution in [1.82, 2.24) is 0 Å². The van der Waals surface area contributed by atoms with Crippen molar-refractivity contribution in [3.8, 4) is 6.07 Å². The van der Waals surface area contributed by atoms with Crippen molar-refractivity contribution in [3.05, 3.63) is 58.6 Å². The summed E-state index contributed by atoms with van der Waals surface area (Å²) in [5, 5.41) is 14.6. The SMILES string of the molecule is Cc1cccc(Cl)c1NC(=O)Nc1ccc(C#N)cc1. The van der Waals surface area contributed by atoms with Crippen LogP contribution in [0.25, 0.3) is 0 Å². The number of halogens is 1. The average Bonchev–Trinajstić information content (AvgIpc) is 2.44. The maximum Gasteiger partial charge on any atom is 0.323 e. The van der Waals surface area contributed by atoms with E-state index in [1.54, 1.807) is 30.3 Å². The first-order valence-electron chi connectivity index (χ1n) is 5.93. The number of rotatable bonds is 2. The van der Waals surface area contributed by atoms with E-state index >= 15 is 0 Å². The molecule has 0 unspecified atom stereocenters. The maximum absolute atomic E-state index is 11.9. The molecule has 5 heteroatoms. The van der Waals surface area contributed by atoms with E-state index in [-0.39, 0.29) is 6.03 Å². The van der Waals surface area contributed by atoms with E-state index in [1.807, 2.05) is 25.1 Å². The molecule has 0 aliphatic rings. The monoisotopic (exact) mass is 285 g/mol. The molecule has 0 bridgehead atoms. The van der Waals surface area contributed by atoms with Crippen LogP contribution in [0, 0.1) is 18.3 Å². The molecule has 0 aliphatic heterocycles. The molecule has 2 amide bonds. The Morgan fingerprint density at radius 3 is 2.45 bits per heavy atom. The zero-order valence-corrected chi connectivity index (χ0v) is 11.5. The van der Waals surface area contributed by atoms with Gasteiger partial charge in [-0.2, -0.15) is 5.26 Å². The minimum Gasteiger partial charge on any atom is -0.308 e. The van der Waals surface area contributed by atoms with Gasteiger partial charge in [0.25, 0.3) is 0 Å². The number of nitrogens with zero attached hydrogens (tertiary/aromatic N) is 1. The lowest BCUT2D eigenvalue weighted by Gasteiger charge is -2.11. The number of benzene rings is 2. The Bertz CT molecular complexity index is 654. The summed E-state index contributed by atoms with van der Waals surface area (Å²) < 4.78 is 0. The highest BCUT2D eigenvalue weighted by atomic mass is 35.5. The van der Waals surface area contributed by atoms with Crippen LogP contribution in [0.5, 0.6) is 0 Å². The normalized spacial score (nSPS) is 9.65. The Kier molecular flexibility index (Phi) is 4.24. The van der Waals surface area contributed by atoms with Crippen molar-refractivity contribution >= 4 is 29.0 Å². The largest absolute Gasteiger partial charge is 0.323 e. The molecule has 0 fully saturated rings. The Morgan fingerprint density at radius 1 is 1.15 bits per heavy atom. The van der Waals surface area contributed by atoms with E-state index in [0.29, 0.717) is 22.0 Å². The van der Waals surface area contributed by atoms with Gasteiger partial charge in [-0.3, -0.25) is 0 Å². The molecular weight excluding hydrogens is 274 g/mol. The molecule has 0 spiro atoms. The van der Waals surface area contributed by atoms with Gasteiger partial charge in [-0.25, -0.2) is 4.79 Å². The van der Waals surface area contributed by atoms with Gasteiger partial charge in [0.1, 0.15) is 0 Å². The molecule has 100 valence electrons. The summed E-state index contributed by atoms with van der Waals surface area (Å²) in [4.78, 5) is 11.9. The fourth-order valence-corrected chi connectivity index (χ4v) is 1.96. The zero-order chi connectivity index (χ0) is 14.5. The standard InChI is InChI=1S/C15H12ClN3O/c1-10-3-2-4-13(16)14(10)19-15(20)18-12-7-5-11(9-17)6-8-12/h2-8H,1H3,(H2,18,19,20). The molecule has 0 atom stereocenters. The van der Waals surface area contributed by atoms with Gasteiger partial charge in [0.15, 0.2) is 0 Å². The maximum atomic E-state index is 11.9. The molecule has 20 heavy (non-hydrogen) atoms. The summed E-state index contributed by atoms with van der Waals surface area (Å²) in [5.74, 6) is 0. The van der Waals surface area contributed by atoms with Crippen LogP contribution in [0.1, 0.15) is 11.1 Å². The quantitative estimate of drug-likeness (QED) is 0.870. The third-order valence-corrected chi connectivity index (χ3v) is 3.05. The number of aryl methyl sites for hydroxylation is 1. The lowest BCUT2D eigenvalue weighted by atomic mass is 10.2. The van der Waals surface area contributed by atoms with Crippen molar-refractivity contribution in [3.63, 3.8) is 0 Å². The average molecular weight is 286 g/mol. The number of anilines is 2. The van der Waals surface area contributed by atoms with Crippen molar-refractivity contribution < 1.29 is 4.79 Å². The van der Waals surface area contributed by atoms with Gasteiger partial charge < -0.3 is 10.6 Å². The predicted octanol–water partition coefficient (Wildman–Crippen LogP) is 4.16. The van der Waals surface area contributed by atoms with Crippen molar-refractivity contribution in [2.45, 2.75) is 6.92 Å². The molecular formula is C15H12ClN3O. The number of amides is 2. The zero-order valence-electron chi connectivity index (χ0n) is 10.8. The van der Waals surface area contributed by atoms with E-state index in [4.69, 9.17) is 16.9 Å². The summed E-state index contributed by atoms with van der Waals surface area (Å²) >= 11 is 6.04. The molecule has 2 rings (SSSR count). The number of nitriles is 1. The number of carbonyl (C=O) groups excluding carboxylic acids is 1. The molecule has 2 aromatic carbocycles. The summed E-state index contributed by atoms with van der Waals surface area (Å²) in [6, 6.07) is 13.6. The summed E-state index contributed by atoms with van der Waals surface area (Å²) in [6.07, 6.45) is 0. The van der Waals surface area contributed by atoms with Crippen LogP contribution in [-0.2, 0) is 0 Å². The fourth-order valence-electron chi connectivity index (χ4n) is 1.69. The Morgan fingerprint density at radius 2 is 1.85 bits per heavy atom. The van der Waals surface area contributed by atoms with Crippen LogP contribution in [-0.4, -0.2) is 6.03 Å². The number of urea groups is 1. The molecule has 0 aliphatic carbocycles. The third-order valence-electron chi connectivity index (χ3n) is 2.73. The molecule has 2 aromatic rings. The van der Waals surface area contributed by atoms with Crippen molar-refractivity contribution in [2.75, 3.05) is 10.6 Å². The van der Waals surface area contributed by atoms with E-state index < -0.39 is 0 Å². The number of hydrogen-bond acceptors (Lipinski definition) is 2. The smallest absolute Gasteiger partial charge is 0.308 e. The van der Waals surface area contributed by atoms with Gasteiger partial charge in [-0.05, 0) is 42.8 Å². The number of hydrogen-bond donors (Lipinski definition) is 2. The molecule has 4 nitrogen and oxygen atoms in total. The first-order chi connectivity index (χ1) is 9.60. The van der Waals surface area contributed by atoms with Crippen LogP contribution < -0.4 is 10.6 Å². The van der Waals surface area contributed by atoms with Crippen LogP contribution in [0.3, 0.4) is 0 Å². The lowest BCUT2D eigenvalue weighted by molar-refractivity contribution is 0.262. The number of carbonyl (C=O) groups is 1. The van der Waals surface area contributed by atoms with Gasteiger partial charge in [-0.15, -0.1) is 0 Å². The van der Waals surface area contributed by atoms with Crippen LogP contribution in [0.4, 0.5) is 16.2 Å². The topological polar surface area (TPSA) is 64.9 Å². The van der Waals surface area contributed by atoms with Crippen LogP contribution in [0.15, 0.2) is 42.5 Å². The van der Waals surface area contributed by atoms with E-state index in [0.717, 1.165) is 5.56 Å². The summed E-state index contributed by atoms with van der Waals surface area (Å²) in [5.41, 5.74) is 2.61.